The van der Waals surface area contributed by atoms with Gasteiger partial charge in [0.1, 0.15) is 11.6 Å². The number of benzene rings is 4. The Morgan fingerprint density at radius 3 is 2.26 bits per heavy atom. The molecule has 0 saturated carbocycles. The zero-order valence-electron chi connectivity index (χ0n) is 21.0. The Morgan fingerprint density at radius 1 is 0.743 bits per heavy atom. The van der Waals surface area contributed by atoms with Gasteiger partial charge in [0.25, 0.3) is 0 Å². The van der Waals surface area contributed by atoms with Gasteiger partial charge in [-0.15, -0.1) is 0 Å². The number of unbranched alkanes of at least 4 members (excludes halogenated alkanes) is 2. The van der Waals surface area contributed by atoms with Crippen LogP contribution in [0, 0.1) is 24.6 Å². The first-order chi connectivity index (χ1) is 17.1. The maximum Gasteiger partial charge on any atom is 0.139 e. The van der Waals surface area contributed by atoms with Crippen molar-refractivity contribution >= 4 is 10.8 Å². The lowest BCUT2D eigenvalue weighted by Crippen LogP contribution is -1.94. The fraction of sp³-hybridized carbons (Fsp3) is 0.273. The molecule has 0 fully saturated rings. The minimum absolute atomic E-state index is 0.290. The number of hydrogen-bond acceptors (Lipinski definition) is 1. The Labute approximate surface area is 209 Å². The number of hydrogen-bond donors (Lipinski definition) is 0. The second-order valence-electron chi connectivity index (χ2n) is 9.13. The third-order valence-electron chi connectivity index (χ3n) is 6.25. The summed E-state index contributed by atoms with van der Waals surface area (Å²) in [6, 6.07) is 24.3. The Hall–Kier alpha value is -3.57. The monoisotopic (exact) mass is 464 g/mol. The highest BCUT2D eigenvalue weighted by Gasteiger charge is 2.09. The standard InChI is InChI=1S/C33H33FO/c1-4-6-7-8-26-9-13-28-22-29(15-14-27(28)21-26)30-20-24(3)32(33(34)23-30)18-12-25-10-16-31(17-11-25)35-19-5-2/h9-11,13-17,20-23H,4-8,19H2,1-3H3. The molecule has 0 aliphatic heterocycles. The molecule has 4 aromatic rings. The smallest absolute Gasteiger partial charge is 0.139 e. The molecule has 0 radical (unpaired) electrons. The Kier molecular flexibility index (Phi) is 8.22. The molecule has 0 spiro atoms. The molecule has 178 valence electrons. The van der Waals surface area contributed by atoms with E-state index in [1.165, 1.54) is 35.6 Å². The van der Waals surface area contributed by atoms with E-state index >= 15 is 4.39 Å². The van der Waals surface area contributed by atoms with E-state index in [4.69, 9.17) is 4.74 Å². The first kappa shape index (κ1) is 24.6. The molecule has 0 N–H and O–H groups in total. The average Bonchev–Trinajstić information content (AvgIpc) is 2.87. The lowest BCUT2D eigenvalue weighted by atomic mass is 9.96. The summed E-state index contributed by atoms with van der Waals surface area (Å²) >= 11 is 0. The molecule has 0 atom stereocenters. The second kappa shape index (κ2) is 11.7. The molecular weight excluding hydrogens is 431 g/mol. The highest BCUT2D eigenvalue weighted by atomic mass is 19.1. The van der Waals surface area contributed by atoms with Gasteiger partial charge in [-0.2, -0.15) is 0 Å². The minimum Gasteiger partial charge on any atom is -0.494 e. The Bertz CT molecular complexity index is 1330. The number of halogens is 1. The van der Waals surface area contributed by atoms with Gasteiger partial charge in [0.05, 0.1) is 12.2 Å². The van der Waals surface area contributed by atoms with Gasteiger partial charge in [0, 0.05) is 5.56 Å². The van der Waals surface area contributed by atoms with Crippen LogP contribution in [0.15, 0.2) is 72.8 Å². The van der Waals surface area contributed by atoms with Crippen molar-refractivity contribution in [3.05, 3.63) is 101 Å². The summed E-state index contributed by atoms with van der Waals surface area (Å²) in [5, 5.41) is 2.41. The van der Waals surface area contributed by atoms with Gasteiger partial charge < -0.3 is 4.74 Å². The van der Waals surface area contributed by atoms with Crippen LogP contribution in [0.2, 0.25) is 0 Å². The highest BCUT2D eigenvalue weighted by molar-refractivity contribution is 5.88. The van der Waals surface area contributed by atoms with Crippen molar-refractivity contribution in [2.24, 2.45) is 0 Å². The van der Waals surface area contributed by atoms with E-state index in [2.05, 4.69) is 62.1 Å². The van der Waals surface area contributed by atoms with E-state index in [0.29, 0.717) is 12.2 Å². The molecule has 0 saturated heterocycles. The Morgan fingerprint density at radius 2 is 1.51 bits per heavy atom. The summed E-state index contributed by atoms with van der Waals surface area (Å²) in [7, 11) is 0. The minimum atomic E-state index is -0.290. The summed E-state index contributed by atoms with van der Waals surface area (Å²) in [6.07, 6.45) is 5.82. The molecule has 35 heavy (non-hydrogen) atoms. The summed E-state index contributed by atoms with van der Waals surface area (Å²) in [5.74, 6) is 6.65. The maximum atomic E-state index is 15.1. The molecule has 4 aromatic carbocycles. The lowest BCUT2D eigenvalue weighted by molar-refractivity contribution is 0.317. The normalized spacial score (nSPS) is 10.7. The van der Waals surface area contributed by atoms with Gasteiger partial charge in [-0.05, 0) is 102 Å². The predicted octanol–water partition coefficient (Wildman–Crippen LogP) is 8.88. The SMILES string of the molecule is CCCCCc1ccc2cc(-c3cc(C)c(C#Cc4ccc(OCCC)cc4)c(F)c3)ccc2c1. The largest absolute Gasteiger partial charge is 0.494 e. The van der Waals surface area contributed by atoms with E-state index in [-0.39, 0.29) is 5.82 Å². The van der Waals surface area contributed by atoms with Gasteiger partial charge in [-0.1, -0.05) is 68.9 Å². The van der Waals surface area contributed by atoms with Crippen molar-refractivity contribution in [2.75, 3.05) is 6.61 Å². The van der Waals surface area contributed by atoms with E-state index in [9.17, 15) is 0 Å². The third-order valence-corrected chi connectivity index (χ3v) is 6.25. The van der Waals surface area contributed by atoms with Crippen LogP contribution in [-0.2, 0) is 6.42 Å². The molecule has 0 aliphatic carbocycles. The van der Waals surface area contributed by atoms with Gasteiger partial charge in [0.2, 0.25) is 0 Å². The lowest BCUT2D eigenvalue weighted by Gasteiger charge is -2.09. The van der Waals surface area contributed by atoms with Crippen molar-refractivity contribution < 1.29 is 9.13 Å². The number of aryl methyl sites for hydroxylation is 2. The molecule has 4 rings (SSSR count). The van der Waals surface area contributed by atoms with E-state index in [1.54, 1.807) is 6.07 Å². The van der Waals surface area contributed by atoms with Crippen molar-refractivity contribution in [1.29, 1.82) is 0 Å². The molecule has 0 amide bonds. The number of fused-ring (bicyclic) bond motifs is 1. The third kappa shape index (κ3) is 6.31. The van der Waals surface area contributed by atoms with Crippen LogP contribution in [0.25, 0.3) is 21.9 Å². The van der Waals surface area contributed by atoms with Crippen LogP contribution in [0.4, 0.5) is 4.39 Å². The topological polar surface area (TPSA) is 9.23 Å². The van der Waals surface area contributed by atoms with Crippen LogP contribution < -0.4 is 4.74 Å². The van der Waals surface area contributed by atoms with Crippen LogP contribution in [0.3, 0.4) is 0 Å². The van der Waals surface area contributed by atoms with Crippen molar-refractivity contribution in [3.63, 3.8) is 0 Å². The molecule has 0 heterocycles. The van der Waals surface area contributed by atoms with Crippen molar-refractivity contribution in [1.82, 2.24) is 0 Å². The fourth-order valence-electron chi connectivity index (χ4n) is 4.27. The number of ether oxygens (including phenoxy) is 1. The van der Waals surface area contributed by atoms with Gasteiger partial charge in [-0.3, -0.25) is 0 Å². The summed E-state index contributed by atoms with van der Waals surface area (Å²) in [6.45, 7) is 6.92. The molecular formula is C33H33FO. The van der Waals surface area contributed by atoms with Gasteiger partial charge >= 0.3 is 0 Å². The van der Waals surface area contributed by atoms with Crippen LogP contribution in [-0.4, -0.2) is 6.61 Å². The predicted molar refractivity (Wildman–Crippen MR) is 146 cm³/mol. The fourth-order valence-corrected chi connectivity index (χ4v) is 4.27. The van der Waals surface area contributed by atoms with Crippen LogP contribution in [0.1, 0.15) is 61.8 Å². The highest BCUT2D eigenvalue weighted by Crippen LogP contribution is 2.28. The molecule has 1 nitrogen and oxygen atoms in total. The quantitative estimate of drug-likeness (QED) is 0.187. The van der Waals surface area contributed by atoms with Crippen LogP contribution in [0.5, 0.6) is 5.75 Å². The number of rotatable bonds is 8. The summed E-state index contributed by atoms with van der Waals surface area (Å²) in [4.78, 5) is 0. The van der Waals surface area contributed by atoms with Crippen molar-refractivity contribution in [3.8, 4) is 28.7 Å². The summed E-state index contributed by atoms with van der Waals surface area (Å²) < 4.78 is 20.7. The molecule has 2 heteroatoms. The Balaban J connectivity index is 1.54. The van der Waals surface area contributed by atoms with E-state index in [1.807, 2.05) is 37.3 Å². The molecule has 0 bridgehead atoms. The van der Waals surface area contributed by atoms with E-state index in [0.717, 1.165) is 40.8 Å². The average molecular weight is 465 g/mol. The second-order valence-corrected chi connectivity index (χ2v) is 9.13. The first-order valence-electron chi connectivity index (χ1n) is 12.7. The van der Waals surface area contributed by atoms with Crippen molar-refractivity contribution in [2.45, 2.75) is 52.9 Å². The summed E-state index contributed by atoms with van der Waals surface area (Å²) in [5.41, 5.74) is 5.38. The van der Waals surface area contributed by atoms with Gasteiger partial charge in [0.15, 0.2) is 0 Å². The van der Waals surface area contributed by atoms with Gasteiger partial charge in [-0.25, -0.2) is 4.39 Å². The zero-order valence-corrected chi connectivity index (χ0v) is 21.0. The van der Waals surface area contributed by atoms with Crippen LogP contribution >= 0.6 is 0 Å². The molecule has 0 aliphatic rings. The first-order valence-corrected chi connectivity index (χ1v) is 12.7. The molecule has 0 aromatic heterocycles. The molecule has 0 unspecified atom stereocenters. The maximum absolute atomic E-state index is 15.1. The zero-order chi connectivity index (χ0) is 24.6. The van der Waals surface area contributed by atoms with E-state index < -0.39 is 0 Å².